The third-order valence-corrected chi connectivity index (χ3v) is 7.31. The van der Waals surface area contributed by atoms with Gasteiger partial charge in [-0.25, -0.2) is 8.42 Å². The molecule has 0 fully saturated rings. The summed E-state index contributed by atoms with van der Waals surface area (Å²) in [5.74, 6) is 0.0598. The van der Waals surface area contributed by atoms with E-state index in [4.69, 9.17) is 4.74 Å². The maximum Gasteiger partial charge on any atom is 0.256 e. The SMILES string of the molecule is CCN(CC)S(=O)(=O)c1ccc(OC)c(NC(=O)c2ccccc2Cc2ccccc2)c1. The first kappa shape index (κ1) is 23.5. The fraction of sp³-hybridized carbons (Fsp3) is 0.240. The Morgan fingerprint density at radius 1 is 0.938 bits per heavy atom. The standard InChI is InChI=1S/C25H28N2O4S/c1-4-27(5-2)32(29,30)21-15-16-24(31-3)23(18-21)26-25(28)22-14-10-9-13-20(22)17-19-11-7-6-8-12-19/h6-16,18H,4-5,17H2,1-3H3,(H,26,28). The third kappa shape index (κ3) is 5.18. The van der Waals surface area contributed by atoms with E-state index in [0.717, 1.165) is 11.1 Å². The number of ether oxygens (including phenoxy) is 1. The molecular formula is C25H28N2O4S. The zero-order chi connectivity index (χ0) is 23.1. The van der Waals surface area contributed by atoms with E-state index in [-0.39, 0.29) is 10.8 Å². The Morgan fingerprint density at radius 3 is 2.25 bits per heavy atom. The number of sulfonamides is 1. The van der Waals surface area contributed by atoms with Gasteiger partial charge in [0.1, 0.15) is 5.75 Å². The van der Waals surface area contributed by atoms with Crippen molar-refractivity contribution in [2.75, 3.05) is 25.5 Å². The molecule has 7 heteroatoms. The van der Waals surface area contributed by atoms with Crippen LogP contribution in [0.1, 0.15) is 35.3 Å². The zero-order valence-corrected chi connectivity index (χ0v) is 19.4. The topological polar surface area (TPSA) is 75.7 Å². The first-order chi connectivity index (χ1) is 15.4. The molecule has 0 bridgehead atoms. The zero-order valence-electron chi connectivity index (χ0n) is 18.5. The number of benzene rings is 3. The molecule has 0 aliphatic rings. The smallest absolute Gasteiger partial charge is 0.256 e. The quantitative estimate of drug-likeness (QED) is 0.516. The van der Waals surface area contributed by atoms with Gasteiger partial charge in [0, 0.05) is 18.7 Å². The molecule has 32 heavy (non-hydrogen) atoms. The molecule has 0 saturated carbocycles. The average molecular weight is 453 g/mol. The normalized spacial score (nSPS) is 11.4. The van der Waals surface area contributed by atoms with Crippen molar-refractivity contribution < 1.29 is 17.9 Å². The van der Waals surface area contributed by atoms with Crippen molar-refractivity contribution >= 4 is 21.6 Å². The van der Waals surface area contributed by atoms with E-state index in [2.05, 4.69) is 5.32 Å². The number of nitrogens with zero attached hydrogens (tertiary/aromatic N) is 1. The summed E-state index contributed by atoms with van der Waals surface area (Å²) >= 11 is 0. The molecule has 0 spiro atoms. The highest BCUT2D eigenvalue weighted by Crippen LogP contribution is 2.30. The lowest BCUT2D eigenvalue weighted by molar-refractivity contribution is 0.102. The monoisotopic (exact) mass is 452 g/mol. The van der Waals surface area contributed by atoms with E-state index in [1.165, 1.54) is 23.5 Å². The number of carbonyl (C=O) groups excluding carboxylic acids is 1. The molecule has 0 saturated heterocycles. The molecule has 1 N–H and O–H groups in total. The second kappa shape index (κ2) is 10.4. The van der Waals surface area contributed by atoms with Crippen molar-refractivity contribution in [2.45, 2.75) is 25.2 Å². The number of hydrogen-bond donors (Lipinski definition) is 1. The molecule has 0 atom stereocenters. The van der Waals surface area contributed by atoms with Crippen LogP contribution < -0.4 is 10.1 Å². The van der Waals surface area contributed by atoms with Crippen LogP contribution in [0, 0.1) is 0 Å². The molecule has 0 aromatic heterocycles. The van der Waals surface area contributed by atoms with Gasteiger partial charge in [0.15, 0.2) is 0 Å². The van der Waals surface area contributed by atoms with Gasteiger partial charge in [-0.3, -0.25) is 4.79 Å². The number of amides is 1. The lowest BCUT2D eigenvalue weighted by Crippen LogP contribution is -2.30. The summed E-state index contributed by atoms with van der Waals surface area (Å²) in [6.07, 6.45) is 0.609. The number of nitrogens with one attached hydrogen (secondary N) is 1. The molecule has 0 aliphatic heterocycles. The lowest BCUT2D eigenvalue weighted by Gasteiger charge is -2.20. The highest BCUT2D eigenvalue weighted by Gasteiger charge is 2.23. The van der Waals surface area contributed by atoms with E-state index in [9.17, 15) is 13.2 Å². The minimum Gasteiger partial charge on any atom is -0.495 e. The van der Waals surface area contributed by atoms with E-state index >= 15 is 0 Å². The van der Waals surface area contributed by atoms with Crippen molar-refractivity contribution in [1.29, 1.82) is 0 Å². The Balaban J connectivity index is 1.93. The molecular weight excluding hydrogens is 424 g/mol. The molecule has 3 rings (SSSR count). The van der Waals surface area contributed by atoms with Gasteiger partial charge in [-0.1, -0.05) is 62.4 Å². The fourth-order valence-electron chi connectivity index (χ4n) is 3.56. The summed E-state index contributed by atoms with van der Waals surface area (Å²) in [6, 6.07) is 21.8. The minimum atomic E-state index is -3.67. The molecule has 1 amide bonds. The summed E-state index contributed by atoms with van der Waals surface area (Å²) in [4.78, 5) is 13.3. The van der Waals surface area contributed by atoms with Crippen molar-refractivity contribution in [1.82, 2.24) is 4.31 Å². The Bertz CT molecular complexity index is 1170. The number of carbonyl (C=O) groups is 1. The Morgan fingerprint density at radius 2 is 1.59 bits per heavy atom. The molecule has 0 heterocycles. The predicted molar refractivity (Wildman–Crippen MR) is 127 cm³/mol. The van der Waals surface area contributed by atoms with Crippen LogP contribution in [-0.2, 0) is 16.4 Å². The van der Waals surface area contributed by atoms with Crippen molar-refractivity contribution in [3.8, 4) is 5.75 Å². The first-order valence-corrected chi connectivity index (χ1v) is 12.0. The van der Waals surface area contributed by atoms with Crippen LogP contribution in [0.15, 0.2) is 77.7 Å². The molecule has 0 aliphatic carbocycles. The fourth-order valence-corrected chi connectivity index (χ4v) is 5.04. The van der Waals surface area contributed by atoms with Crippen LogP contribution in [0.2, 0.25) is 0 Å². The molecule has 3 aromatic carbocycles. The van der Waals surface area contributed by atoms with Crippen molar-refractivity contribution in [2.24, 2.45) is 0 Å². The van der Waals surface area contributed by atoms with E-state index in [0.29, 0.717) is 36.5 Å². The Kier molecular flexibility index (Phi) is 7.66. The van der Waals surface area contributed by atoms with E-state index < -0.39 is 10.0 Å². The van der Waals surface area contributed by atoms with Crippen molar-refractivity contribution in [3.63, 3.8) is 0 Å². The summed E-state index contributed by atoms with van der Waals surface area (Å²) < 4.78 is 32.6. The minimum absolute atomic E-state index is 0.106. The van der Waals surface area contributed by atoms with Gasteiger partial charge in [-0.05, 0) is 41.8 Å². The van der Waals surface area contributed by atoms with Gasteiger partial charge in [-0.15, -0.1) is 0 Å². The summed E-state index contributed by atoms with van der Waals surface area (Å²) in [6.45, 7) is 4.30. The lowest BCUT2D eigenvalue weighted by atomic mass is 9.99. The van der Waals surface area contributed by atoms with Crippen LogP contribution in [-0.4, -0.2) is 38.8 Å². The molecule has 168 valence electrons. The van der Waals surface area contributed by atoms with Gasteiger partial charge in [0.2, 0.25) is 10.0 Å². The van der Waals surface area contributed by atoms with E-state index in [1.807, 2.05) is 48.5 Å². The second-order valence-electron chi connectivity index (χ2n) is 7.23. The summed E-state index contributed by atoms with van der Waals surface area (Å²) in [5, 5.41) is 2.84. The number of anilines is 1. The largest absolute Gasteiger partial charge is 0.495 e. The molecule has 0 radical (unpaired) electrons. The molecule has 3 aromatic rings. The highest BCUT2D eigenvalue weighted by molar-refractivity contribution is 7.89. The van der Waals surface area contributed by atoms with Crippen molar-refractivity contribution in [3.05, 3.63) is 89.5 Å². The Hall–Kier alpha value is -3.16. The highest BCUT2D eigenvalue weighted by atomic mass is 32.2. The van der Waals surface area contributed by atoms with Gasteiger partial charge in [-0.2, -0.15) is 4.31 Å². The third-order valence-electron chi connectivity index (χ3n) is 5.26. The number of hydrogen-bond acceptors (Lipinski definition) is 4. The summed E-state index contributed by atoms with van der Waals surface area (Å²) in [5.41, 5.74) is 2.80. The predicted octanol–water partition coefficient (Wildman–Crippen LogP) is 4.57. The van der Waals surface area contributed by atoms with Crippen LogP contribution in [0.3, 0.4) is 0 Å². The summed E-state index contributed by atoms with van der Waals surface area (Å²) in [7, 11) is -2.19. The number of rotatable bonds is 9. The van der Waals surface area contributed by atoms with Crippen LogP contribution in [0.25, 0.3) is 0 Å². The van der Waals surface area contributed by atoms with Gasteiger partial charge < -0.3 is 10.1 Å². The van der Waals surface area contributed by atoms with Crippen LogP contribution in [0.5, 0.6) is 5.75 Å². The van der Waals surface area contributed by atoms with Crippen LogP contribution in [0.4, 0.5) is 5.69 Å². The van der Waals surface area contributed by atoms with Gasteiger partial charge in [0.25, 0.3) is 5.91 Å². The maximum absolute atomic E-state index is 13.2. The van der Waals surface area contributed by atoms with E-state index in [1.54, 1.807) is 26.0 Å². The maximum atomic E-state index is 13.2. The van der Waals surface area contributed by atoms with Gasteiger partial charge in [0.05, 0.1) is 17.7 Å². The average Bonchev–Trinajstić information content (AvgIpc) is 2.80. The van der Waals surface area contributed by atoms with Gasteiger partial charge >= 0.3 is 0 Å². The molecule has 6 nitrogen and oxygen atoms in total. The molecule has 0 unspecified atom stereocenters. The first-order valence-electron chi connectivity index (χ1n) is 10.5. The number of methoxy groups -OCH3 is 1. The second-order valence-corrected chi connectivity index (χ2v) is 9.16. The van der Waals surface area contributed by atoms with Crippen LogP contribution >= 0.6 is 0 Å². The Labute approximate surface area is 189 Å².